The second-order valence-corrected chi connectivity index (χ2v) is 6.62. The predicted molar refractivity (Wildman–Crippen MR) is 90.5 cm³/mol. The number of nitrogens with zero attached hydrogens (tertiary/aromatic N) is 2. The maximum absolute atomic E-state index is 12.9. The van der Waals surface area contributed by atoms with Crippen molar-refractivity contribution in [1.82, 2.24) is 4.90 Å². The van der Waals surface area contributed by atoms with E-state index in [0.29, 0.717) is 23.9 Å². The summed E-state index contributed by atoms with van der Waals surface area (Å²) in [5.74, 6) is -1.83. The second-order valence-electron chi connectivity index (χ2n) is 6.22. The minimum absolute atomic E-state index is 0.0984. The highest BCUT2D eigenvalue weighted by molar-refractivity contribution is 6.33. The van der Waals surface area contributed by atoms with E-state index in [4.69, 9.17) is 21.4 Å². The Balaban J connectivity index is 1.73. The Morgan fingerprint density at radius 2 is 2.08 bits per heavy atom. The molecule has 2 unspecified atom stereocenters. The molecule has 25 heavy (non-hydrogen) atoms. The molecule has 1 aromatic carbocycles. The number of rotatable bonds is 4. The van der Waals surface area contributed by atoms with E-state index in [2.05, 4.69) is 0 Å². The normalized spacial score (nSPS) is 23.8. The first kappa shape index (κ1) is 17.7. The number of morpholine rings is 1. The Labute approximate surface area is 150 Å². The van der Waals surface area contributed by atoms with E-state index in [1.165, 1.54) is 4.90 Å². The summed E-state index contributed by atoms with van der Waals surface area (Å²) in [6.45, 7) is 1.16. The molecule has 2 fully saturated rings. The van der Waals surface area contributed by atoms with Gasteiger partial charge in [0.25, 0.3) is 0 Å². The van der Waals surface area contributed by atoms with Crippen LogP contribution in [0.3, 0.4) is 0 Å². The van der Waals surface area contributed by atoms with Gasteiger partial charge in [-0.1, -0.05) is 23.7 Å². The molecule has 2 heterocycles. The molecule has 1 aromatic rings. The third-order valence-corrected chi connectivity index (χ3v) is 4.86. The average molecular weight is 367 g/mol. The Kier molecular flexibility index (Phi) is 5.24. The number of carboxylic acids is 1. The van der Waals surface area contributed by atoms with E-state index in [-0.39, 0.29) is 37.8 Å². The largest absolute Gasteiger partial charge is 0.481 e. The van der Waals surface area contributed by atoms with Crippen LogP contribution >= 0.6 is 11.6 Å². The first-order valence-corrected chi connectivity index (χ1v) is 8.50. The number of ether oxygens (including phenoxy) is 1. The van der Waals surface area contributed by atoms with Crippen molar-refractivity contribution >= 4 is 35.1 Å². The van der Waals surface area contributed by atoms with Crippen molar-refractivity contribution < 1.29 is 24.2 Å². The fourth-order valence-corrected chi connectivity index (χ4v) is 3.56. The van der Waals surface area contributed by atoms with Gasteiger partial charge in [-0.15, -0.1) is 0 Å². The molecule has 2 aliphatic heterocycles. The zero-order valence-electron chi connectivity index (χ0n) is 13.6. The van der Waals surface area contributed by atoms with Crippen LogP contribution in [0.25, 0.3) is 0 Å². The number of amides is 2. The van der Waals surface area contributed by atoms with Crippen LogP contribution in [-0.2, 0) is 19.1 Å². The summed E-state index contributed by atoms with van der Waals surface area (Å²) in [5.41, 5.74) is 0.591. The Morgan fingerprint density at radius 1 is 1.32 bits per heavy atom. The zero-order chi connectivity index (χ0) is 18.0. The molecule has 0 radical (unpaired) electrons. The van der Waals surface area contributed by atoms with E-state index in [9.17, 15) is 14.4 Å². The molecular weight excluding hydrogens is 348 g/mol. The average Bonchev–Trinajstić information content (AvgIpc) is 2.96. The lowest BCUT2D eigenvalue weighted by atomic mass is 10.0. The number of benzene rings is 1. The number of carbonyl (C=O) groups is 3. The maximum Gasteiger partial charge on any atom is 0.305 e. The van der Waals surface area contributed by atoms with Gasteiger partial charge in [-0.2, -0.15) is 0 Å². The molecule has 1 N–H and O–H groups in total. The Hall–Kier alpha value is -2.12. The third-order valence-electron chi connectivity index (χ3n) is 4.54. The van der Waals surface area contributed by atoms with Crippen LogP contribution in [-0.4, -0.2) is 60.1 Å². The summed E-state index contributed by atoms with van der Waals surface area (Å²) >= 11 is 6.16. The van der Waals surface area contributed by atoms with Crippen LogP contribution in [0.4, 0.5) is 5.69 Å². The molecule has 2 amide bonds. The van der Waals surface area contributed by atoms with Gasteiger partial charge in [0, 0.05) is 19.5 Å². The summed E-state index contributed by atoms with van der Waals surface area (Å²) in [5, 5.41) is 9.48. The number of halogens is 1. The molecule has 2 atom stereocenters. The Morgan fingerprint density at radius 3 is 2.80 bits per heavy atom. The molecule has 134 valence electrons. The van der Waals surface area contributed by atoms with Crippen molar-refractivity contribution in [1.29, 1.82) is 0 Å². The summed E-state index contributed by atoms with van der Waals surface area (Å²) in [6.07, 6.45) is -0.0676. The molecule has 0 spiro atoms. The summed E-state index contributed by atoms with van der Waals surface area (Å²) < 4.78 is 5.30. The van der Waals surface area contributed by atoms with Crippen molar-refractivity contribution in [2.24, 2.45) is 5.92 Å². The van der Waals surface area contributed by atoms with E-state index >= 15 is 0 Å². The summed E-state index contributed by atoms with van der Waals surface area (Å²) in [6, 6.07) is 6.51. The van der Waals surface area contributed by atoms with Gasteiger partial charge in [-0.25, -0.2) is 0 Å². The quantitative estimate of drug-likeness (QED) is 0.870. The fourth-order valence-electron chi connectivity index (χ4n) is 3.33. The highest BCUT2D eigenvalue weighted by Crippen LogP contribution is 2.32. The number of anilines is 1. The van der Waals surface area contributed by atoms with Crippen molar-refractivity contribution in [3.05, 3.63) is 29.3 Å². The molecule has 2 saturated heterocycles. The van der Waals surface area contributed by atoms with Gasteiger partial charge in [0.15, 0.2) is 0 Å². The molecule has 0 aliphatic carbocycles. The molecule has 8 heteroatoms. The lowest BCUT2D eigenvalue weighted by Gasteiger charge is -2.36. The van der Waals surface area contributed by atoms with Gasteiger partial charge in [-0.05, 0) is 12.1 Å². The molecular formula is C17H19ClN2O5. The van der Waals surface area contributed by atoms with Crippen LogP contribution in [0.2, 0.25) is 5.02 Å². The number of hydrogen-bond donors (Lipinski definition) is 1. The predicted octanol–water partition coefficient (Wildman–Crippen LogP) is 1.39. The fraction of sp³-hybridized carbons (Fsp3) is 0.471. The topological polar surface area (TPSA) is 87.1 Å². The summed E-state index contributed by atoms with van der Waals surface area (Å²) in [4.78, 5) is 39.3. The zero-order valence-corrected chi connectivity index (χ0v) is 14.3. The number of carboxylic acid groups (broad SMARTS) is 1. The smallest absolute Gasteiger partial charge is 0.305 e. The van der Waals surface area contributed by atoms with Crippen LogP contribution < -0.4 is 4.90 Å². The van der Waals surface area contributed by atoms with Crippen LogP contribution in [0, 0.1) is 5.92 Å². The highest BCUT2D eigenvalue weighted by Gasteiger charge is 2.40. The standard InChI is InChI=1S/C17H19ClN2O5/c18-13-3-1-2-4-14(13)20-9-11(7-15(20)21)17(24)19-5-6-25-10-12(19)8-16(22)23/h1-4,11-12H,5-10H2,(H,22,23). The van der Waals surface area contributed by atoms with Gasteiger partial charge in [0.1, 0.15) is 0 Å². The summed E-state index contributed by atoms with van der Waals surface area (Å²) in [7, 11) is 0. The minimum Gasteiger partial charge on any atom is -0.481 e. The SMILES string of the molecule is O=C(O)CC1COCCN1C(=O)C1CC(=O)N(c2ccccc2Cl)C1. The van der Waals surface area contributed by atoms with Crippen molar-refractivity contribution in [3.8, 4) is 0 Å². The first-order valence-electron chi connectivity index (χ1n) is 8.12. The first-order chi connectivity index (χ1) is 12.0. The minimum atomic E-state index is -0.978. The van der Waals surface area contributed by atoms with E-state index < -0.39 is 17.9 Å². The van der Waals surface area contributed by atoms with E-state index in [0.717, 1.165) is 0 Å². The van der Waals surface area contributed by atoms with Gasteiger partial charge < -0.3 is 19.6 Å². The molecule has 0 saturated carbocycles. The highest BCUT2D eigenvalue weighted by atomic mass is 35.5. The van der Waals surface area contributed by atoms with Crippen LogP contribution in [0.5, 0.6) is 0 Å². The number of aliphatic carboxylic acids is 1. The van der Waals surface area contributed by atoms with Crippen molar-refractivity contribution in [2.75, 3.05) is 31.2 Å². The molecule has 3 rings (SSSR count). The van der Waals surface area contributed by atoms with Gasteiger partial charge in [-0.3, -0.25) is 14.4 Å². The number of carbonyl (C=O) groups excluding carboxylic acids is 2. The van der Waals surface area contributed by atoms with Gasteiger partial charge in [0.05, 0.1) is 42.3 Å². The van der Waals surface area contributed by atoms with Gasteiger partial charge >= 0.3 is 5.97 Å². The molecule has 2 aliphatic rings. The van der Waals surface area contributed by atoms with Crippen molar-refractivity contribution in [3.63, 3.8) is 0 Å². The monoisotopic (exact) mass is 366 g/mol. The van der Waals surface area contributed by atoms with Gasteiger partial charge in [0.2, 0.25) is 11.8 Å². The number of hydrogen-bond acceptors (Lipinski definition) is 4. The van der Waals surface area contributed by atoms with Crippen LogP contribution in [0.15, 0.2) is 24.3 Å². The Bertz CT molecular complexity index is 695. The van der Waals surface area contributed by atoms with Crippen molar-refractivity contribution in [2.45, 2.75) is 18.9 Å². The number of para-hydroxylation sites is 1. The lowest BCUT2D eigenvalue weighted by Crippen LogP contribution is -2.51. The van der Waals surface area contributed by atoms with Crippen LogP contribution in [0.1, 0.15) is 12.8 Å². The maximum atomic E-state index is 12.9. The third kappa shape index (κ3) is 3.77. The lowest BCUT2D eigenvalue weighted by molar-refractivity contribution is -0.149. The van der Waals surface area contributed by atoms with E-state index in [1.807, 2.05) is 0 Å². The second kappa shape index (κ2) is 7.41. The van der Waals surface area contributed by atoms with E-state index in [1.54, 1.807) is 29.2 Å². The molecule has 0 bridgehead atoms. The molecule has 0 aromatic heterocycles. The molecule has 7 nitrogen and oxygen atoms in total.